The largest absolute Gasteiger partial charge is 0.527 e. The van der Waals surface area contributed by atoms with Crippen molar-refractivity contribution in [2.24, 2.45) is 0 Å². The van der Waals surface area contributed by atoms with Gasteiger partial charge in [0.2, 0.25) is 5.75 Å². The van der Waals surface area contributed by atoms with Gasteiger partial charge >= 0.3 is 13.5 Å². The molecule has 0 aromatic heterocycles. The van der Waals surface area contributed by atoms with Crippen molar-refractivity contribution in [3.63, 3.8) is 0 Å². The van der Waals surface area contributed by atoms with Gasteiger partial charge in [0.05, 0.1) is 4.92 Å². The minimum absolute atomic E-state index is 0.115. The molecule has 1 rings (SSSR count). The zero-order valence-electron chi connectivity index (χ0n) is 7.99. The van der Waals surface area contributed by atoms with Gasteiger partial charge in [-0.15, -0.1) is 0 Å². The first-order chi connectivity index (χ1) is 7.35. The molecule has 0 fully saturated rings. The summed E-state index contributed by atoms with van der Waals surface area (Å²) in [5, 5.41) is 10.7. The van der Waals surface area contributed by atoms with Gasteiger partial charge in [0.25, 0.3) is 0 Å². The van der Waals surface area contributed by atoms with Crippen molar-refractivity contribution in [3.05, 3.63) is 33.3 Å². The topological polar surface area (TPSA) is 98.9 Å². The van der Waals surface area contributed by atoms with Crippen LogP contribution in [0.15, 0.2) is 18.2 Å². The predicted molar refractivity (Wildman–Crippen MR) is 55.6 cm³/mol. The van der Waals surface area contributed by atoms with Crippen LogP contribution in [0.25, 0.3) is 0 Å². The number of phosphoric ester groups is 1. The van der Waals surface area contributed by atoms with Crippen LogP contribution in [0.1, 0.15) is 0 Å². The number of nitro benzene ring substituents is 1. The van der Waals surface area contributed by atoms with E-state index in [2.05, 4.69) is 9.05 Å². The van der Waals surface area contributed by atoms with Crippen molar-refractivity contribution >= 4 is 25.1 Å². The van der Waals surface area contributed by atoms with Crippen LogP contribution in [0.3, 0.4) is 0 Å². The molecule has 1 unspecified atom stereocenters. The Bertz CT molecular complexity index is 464. The molecule has 1 N–H and O–H groups in total. The summed E-state index contributed by atoms with van der Waals surface area (Å²) in [6.07, 6.45) is 0. The quantitative estimate of drug-likeness (QED) is 0.511. The third kappa shape index (κ3) is 3.18. The van der Waals surface area contributed by atoms with Crippen molar-refractivity contribution in [2.75, 3.05) is 7.11 Å². The van der Waals surface area contributed by atoms with Crippen LogP contribution < -0.4 is 4.52 Å². The third-order valence-corrected chi connectivity index (χ3v) is 2.69. The Morgan fingerprint density at radius 2 is 2.19 bits per heavy atom. The van der Waals surface area contributed by atoms with E-state index in [0.29, 0.717) is 0 Å². The molecular formula is C7H7ClNO6P. The average molecular weight is 268 g/mol. The molecule has 1 atom stereocenters. The number of phosphoric acid groups is 1. The molecule has 7 nitrogen and oxygen atoms in total. The van der Waals surface area contributed by atoms with Gasteiger partial charge in [-0.3, -0.25) is 19.5 Å². The van der Waals surface area contributed by atoms with Gasteiger partial charge in [0.15, 0.2) is 0 Å². The molecular weight excluding hydrogens is 261 g/mol. The second-order valence-corrected chi connectivity index (χ2v) is 4.53. The Kier molecular flexibility index (Phi) is 3.88. The maximum atomic E-state index is 11.1. The fourth-order valence-electron chi connectivity index (χ4n) is 0.872. The Hall–Kier alpha value is -1.14. The SMILES string of the molecule is COP(=O)(O)Oc1ccc(Cl)cc1[N+](=O)[O-]. The lowest BCUT2D eigenvalue weighted by Gasteiger charge is -2.10. The highest BCUT2D eigenvalue weighted by molar-refractivity contribution is 7.47. The van der Waals surface area contributed by atoms with Crippen molar-refractivity contribution in [1.29, 1.82) is 0 Å². The fraction of sp³-hybridized carbons (Fsp3) is 0.143. The van der Waals surface area contributed by atoms with Gasteiger partial charge in [-0.25, -0.2) is 4.57 Å². The van der Waals surface area contributed by atoms with Crippen molar-refractivity contribution in [3.8, 4) is 5.75 Å². The summed E-state index contributed by atoms with van der Waals surface area (Å²) >= 11 is 5.54. The van der Waals surface area contributed by atoms with E-state index in [1.165, 1.54) is 6.07 Å². The molecule has 0 bridgehead atoms. The van der Waals surface area contributed by atoms with Gasteiger partial charge in [0.1, 0.15) is 0 Å². The van der Waals surface area contributed by atoms with E-state index >= 15 is 0 Å². The molecule has 0 aliphatic carbocycles. The van der Waals surface area contributed by atoms with E-state index in [1.54, 1.807) is 0 Å². The molecule has 0 radical (unpaired) electrons. The lowest BCUT2D eigenvalue weighted by Crippen LogP contribution is -1.97. The van der Waals surface area contributed by atoms with Crippen LogP contribution in [0.4, 0.5) is 5.69 Å². The molecule has 0 spiro atoms. The predicted octanol–water partition coefficient (Wildman–Crippen LogP) is 2.37. The van der Waals surface area contributed by atoms with Gasteiger partial charge in [-0.2, -0.15) is 0 Å². The monoisotopic (exact) mass is 267 g/mol. The molecule has 1 aromatic rings. The number of hydrogen-bond acceptors (Lipinski definition) is 5. The molecule has 0 saturated heterocycles. The molecule has 0 amide bonds. The van der Waals surface area contributed by atoms with Gasteiger partial charge < -0.3 is 4.52 Å². The molecule has 1 aromatic carbocycles. The molecule has 0 aliphatic rings. The number of rotatable bonds is 4. The number of nitrogens with zero attached hydrogens (tertiary/aromatic N) is 1. The fourth-order valence-corrected chi connectivity index (χ4v) is 1.52. The lowest BCUT2D eigenvalue weighted by atomic mass is 10.3. The maximum Gasteiger partial charge on any atom is 0.527 e. The summed E-state index contributed by atoms with van der Waals surface area (Å²) in [5.74, 6) is -0.387. The summed E-state index contributed by atoms with van der Waals surface area (Å²) < 4.78 is 19.7. The molecule has 16 heavy (non-hydrogen) atoms. The van der Waals surface area contributed by atoms with Crippen LogP contribution >= 0.6 is 19.4 Å². The summed E-state index contributed by atoms with van der Waals surface area (Å²) in [7, 11) is -3.38. The second-order valence-electron chi connectivity index (χ2n) is 2.61. The van der Waals surface area contributed by atoms with E-state index < -0.39 is 18.4 Å². The minimum Gasteiger partial charge on any atom is -0.397 e. The molecule has 0 heterocycles. The van der Waals surface area contributed by atoms with E-state index in [4.69, 9.17) is 16.5 Å². The van der Waals surface area contributed by atoms with Crippen LogP contribution in [-0.2, 0) is 9.09 Å². The normalized spacial score (nSPS) is 14.2. The highest BCUT2D eigenvalue weighted by Gasteiger charge is 2.26. The number of halogens is 1. The molecule has 0 aliphatic heterocycles. The first-order valence-electron chi connectivity index (χ1n) is 3.88. The zero-order valence-corrected chi connectivity index (χ0v) is 9.64. The molecule has 0 saturated carbocycles. The highest BCUT2D eigenvalue weighted by atomic mass is 35.5. The zero-order chi connectivity index (χ0) is 12.3. The summed E-state index contributed by atoms with van der Waals surface area (Å²) in [6.45, 7) is 0. The Morgan fingerprint density at radius 1 is 1.56 bits per heavy atom. The smallest absolute Gasteiger partial charge is 0.397 e. The van der Waals surface area contributed by atoms with Crippen molar-refractivity contribution < 1.29 is 23.4 Å². The summed E-state index contributed by atoms with van der Waals surface area (Å²) in [6, 6.07) is 3.41. The van der Waals surface area contributed by atoms with Crippen LogP contribution in [0, 0.1) is 10.1 Å². The number of nitro groups is 1. The Morgan fingerprint density at radius 3 is 2.69 bits per heavy atom. The standard InChI is InChI=1S/C7H7ClNO6P/c1-14-16(12,13)15-7-3-2-5(8)4-6(7)9(10)11/h2-4H,1H3,(H,12,13). The summed E-state index contributed by atoms with van der Waals surface area (Å²) in [4.78, 5) is 18.8. The minimum atomic E-state index is -4.32. The number of benzene rings is 1. The maximum absolute atomic E-state index is 11.1. The van der Waals surface area contributed by atoms with Crippen molar-refractivity contribution in [1.82, 2.24) is 0 Å². The first-order valence-corrected chi connectivity index (χ1v) is 5.75. The Labute approximate surface area is 95.3 Å². The average Bonchev–Trinajstić information content (AvgIpc) is 2.20. The highest BCUT2D eigenvalue weighted by Crippen LogP contribution is 2.46. The van der Waals surface area contributed by atoms with E-state index in [1.807, 2.05) is 0 Å². The van der Waals surface area contributed by atoms with Crippen LogP contribution in [0.5, 0.6) is 5.75 Å². The Balaban J connectivity index is 3.14. The van der Waals surface area contributed by atoms with Gasteiger partial charge in [-0.05, 0) is 12.1 Å². The second kappa shape index (κ2) is 4.80. The van der Waals surface area contributed by atoms with Gasteiger partial charge in [-0.1, -0.05) is 11.6 Å². The third-order valence-electron chi connectivity index (χ3n) is 1.56. The van der Waals surface area contributed by atoms with E-state index in [0.717, 1.165) is 19.2 Å². The molecule has 9 heteroatoms. The van der Waals surface area contributed by atoms with Gasteiger partial charge in [0, 0.05) is 18.2 Å². The van der Waals surface area contributed by atoms with E-state index in [9.17, 15) is 14.7 Å². The van der Waals surface area contributed by atoms with Crippen LogP contribution in [-0.4, -0.2) is 16.9 Å². The van der Waals surface area contributed by atoms with E-state index in [-0.39, 0.29) is 10.8 Å². The summed E-state index contributed by atoms with van der Waals surface area (Å²) in [5.41, 5.74) is -0.515. The first kappa shape index (κ1) is 12.9. The lowest BCUT2D eigenvalue weighted by molar-refractivity contribution is -0.385. The van der Waals surface area contributed by atoms with Crippen LogP contribution in [0.2, 0.25) is 5.02 Å². The number of hydrogen-bond donors (Lipinski definition) is 1. The van der Waals surface area contributed by atoms with Crippen molar-refractivity contribution in [2.45, 2.75) is 0 Å². The molecule has 88 valence electrons.